The van der Waals surface area contributed by atoms with Crippen LogP contribution >= 0.6 is 11.3 Å². The van der Waals surface area contributed by atoms with Crippen molar-refractivity contribution in [1.29, 1.82) is 0 Å². The number of rotatable bonds is 5. The van der Waals surface area contributed by atoms with Gasteiger partial charge < -0.3 is 10.5 Å². The Balaban J connectivity index is 2.18. The molecular formula is C15H16N2O3S2. The highest BCUT2D eigenvalue weighted by Crippen LogP contribution is 2.31. The van der Waals surface area contributed by atoms with Crippen LogP contribution < -0.4 is 10.5 Å². The van der Waals surface area contributed by atoms with Crippen molar-refractivity contribution in [2.24, 2.45) is 5.73 Å². The summed E-state index contributed by atoms with van der Waals surface area (Å²) in [6.45, 7) is 0.482. The van der Waals surface area contributed by atoms with E-state index in [1.54, 1.807) is 24.4 Å². The van der Waals surface area contributed by atoms with E-state index in [4.69, 9.17) is 10.5 Å². The van der Waals surface area contributed by atoms with Crippen LogP contribution in [0, 0.1) is 0 Å². The Morgan fingerprint density at radius 1 is 1.32 bits per heavy atom. The highest BCUT2D eigenvalue weighted by Gasteiger charge is 2.22. The first-order chi connectivity index (χ1) is 10.6. The lowest BCUT2D eigenvalue weighted by Crippen LogP contribution is -2.12. The maximum Gasteiger partial charge on any atom is 0.268 e. The Kier molecular flexibility index (Phi) is 3.94. The molecule has 2 aromatic heterocycles. The van der Waals surface area contributed by atoms with Crippen LogP contribution in [0.5, 0.6) is 5.75 Å². The number of fused-ring (bicyclic) bond motifs is 1. The third-order valence-corrected chi connectivity index (χ3v) is 6.11. The number of thiophene rings is 1. The summed E-state index contributed by atoms with van der Waals surface area (Å²) in [6, 6.07) is 8.29. The lowest BCUT2D eigenvalue weighted by atomic mass is 10.2. The van der Waals surface area contributed by atoms with Crippen molar-refractivity contribution >= 4 is 31.6 Å². The molecule has 0 saturated heterocycles. The van der Waals surface area contributed by atoms with Crippen molar-refractivity contribution in [1.82, 2.24) is 3.97 Å². The molecule has 0 spiro atoms. The Labute approximate surface area is 133 Å². The molecule has 0 amide bonds. The predicted molar refractivity (Wildman–Crippen MR) is 88.2 cm³/mol. The highest BCUT2D eigenvalue weighted by molar-refractivity contribution is 7.90. The second-order valence-corrected chi connectivity index (χ2v) is 7.54. The number of hydrogen-bond acceptors (Lipinski definition) is 5. The molecule has 0 fully saturated rings. The van der Waals surface area contributed by atoms with Crippen LogP contribution in [0.4, 0.5) is 0 Å². The van der Waals surface area contributed by atoms with Gasteiger partial charge in [0.2, 0.25) is 0 Å². The summed E-state index contributed by atoms with van der Waals surface area (Å²) in [5.74, 6) is 0.511. The molecule has 0 aliphatic rings. The van der Waals surface area contributed by atoms with Gasteiger partial charge in [-0.05, 0) is 42.1 Å². The van der Waals surface area contributed by atoms with E-state index in [-0.39, 0.29) is 4.90 Å². The number of ether oxygens (including phenoxy) is 1. The SMILES string of the molecule is COc1cccc(S(=O)(=O)n2cc(CCN)c3sccc32)c1. The van der Waals surface area contributed by atoms with Gasteiger partial charge in [0, 0.05) is 12.3 Å². The molecule has 0 saturated carbocycles. The Hall–Kier alpha value is -1.83. The molecule has 0 unspecified atom stereocenters. The monoisotopic (exact) mass is 336 g/mol. The topological polar surface area (TPSA) is 74.3 Å². The van der Waals surface area contributed by atoms with E-state index in [9.17, 15) is 8.42 Å². The summed E-state index contributed by atoms with van der Waals surface area (Å²) in [7, 11) is -2.15. The molecule has 3 aromatic rings. The molecule has 2 N–H and O–H groups in total. The molecular weight excluding hydrogens is 320 g/mol. The van der Waals surface area contributed by atoms with Crippen LogP contribution in [0.25, 0.3) is 10.2 Å². The van der Waals surface area contributed by atoms with Crippen LogP contribution in [0.15, 0.2) is 46.8 Å². The maximum atomic E-state index is 12.9. The summed E-state index contributed by atoms with van der Waals surface area (Å²) in [6.07, 6.45) is 2.32. The third kappa shape index (κ3) is 2.41. The molecule has 1 aromatic carbocycles. The average Bonchev–Trinajstić information content (AvgIpc) is 3.11. The van der Waals surface area contributed by atoms with Gasteiger partial charge in [-0.25, -0.2) is 12.4 Å². The van der Waals surface area contributed by atoms with E-state index >= 15 is 0 Å². The first-order valence-corrected chi connectivity index (χ1v) is 9.07. The summed E-state index contributed by atoms with van der Waals surface area (Å²) in [5.41, 5.74) is 7.27. The molecule has 116 valence electrons. The normalized spacial score (nSPS) is 11.9. The predicted octanol–water partition coefficient (Wildman–Crippen LogP) is 2.45. The molecule has 0 bridgehead atoms. The number of benzene rings is 1. The Morgan fingerprint density at radius 2 is 2.14 bits per heavy atom. The zero-order valence-electron chi connectivity index (χ0n) is 12.0. The van der Waals surface area contributed by atoms with Crippen molar-refractivity contribution in [2.45, 2.75) is 11.3 Å². The van der Waals surface area contributed by atoms with Gasteiger partial charge in [-0.1, -0.05) is 6.07 Å². The van der Waals surface area contributed by atoms with Crippen LogP contribution in [0.1, 0.15) is 5.56 Å². The minimum absolute atomic E-state index is 0.203. The largest absolute Gasteiger partial charge is 0.497 e. The van der Waals surface area contributed by atoms with Crippen molar-refractivity contribution < 1.29 is 13.2 Å². The van der Waals surface area contributed by atoms with Crippen molar-refractivity contribution in [3.63, 3.8) is 0 Å². The van der Waals surface area contributed by atoms with Crippen LogP contribution in [0.3, 0.4) is 0 Å². The number of nitrogens with two attached hydrogens (primary N) is 1. The molecule has 7 heteroatoms. The summed E-state index contributed by atoms with van der Waals surface area (Å²) < 4.78 is 33.2. The number of methoxy groups -OCH3 is 1. The molecule has 3 rings (SSSR count). The number of aromatic nitrogens is 1. The highest BCUT2D eigenvalue weighted by atomic mass is 32.2. The zero-order valence-corrected chi connectivity index (χ0v) is 13.7. The fourth-order valence-corrected chi connectivity index (χ4v) is 4.80. The summed E-state index contributed by atoms with van der Waals surface area (Å²) in [4.78, 5) is 0.203. The van der Waals surface area contributed by atoms with Gasteiger partial charge in [-0.15, -0.1) is 11.3 Å². The smallest absolute Gasteiger partial charge is 0.268 e. The van der Waals surface area contributed by atoms with E-state index in [2.05, 4.69) is 0 Å². The maximum absolute atomic E-state index is 12.9. The van der Waals surface area contributed by atoms with Gasteiger partial charge in [0.15, 0.2) is 0 Å². The third-order valence-electron chi connectivity index (χ3n) is 3.46. The van der Waals surface area contributed by atoms with Gasteiger partial charge in [-0.2, -0.15) is 0 Å². The minimum atomic E-state index is -3.66. The number of hydrogen-bond donors (Lipinski definition) is 1. The molecule has 22 heavy (non-hydrogen) atoms. The molecule has 0 aliphatic heterocycles. The van der Waals surface area contributed by atoms with E-state index in [0.717, 1.165) is 10.3 Å². The van der Waals surface area contributed by atoms with Crippen molar-refractivity contribution in [3.05, 3.63) is 47.5 Å². The van der Waals surface area contributed by atoms with Crippen LogP contribution in [0.2, 0.25) is 0 Å². The molecule has 0 atom stereocenters. The fraction of sp³-hybridized carbons (Fsp3) is 0.200. The second-order valence-electron chi connectivity index (χ2n) is 4.81. The molecule has 0 radical (unpaired) electrons. The van der Waals surface area contributed by atoms with Gasteiger partial charge in [-0.3, -0.25) is 0 Å². The summed E-state index contributed by atoms with van der Waals surface area (Å²) in [5, 5.41) is 1.89. The molecule has 2 heterocycles. The Morgan fingerprint density at radius 3 is 2.86 bits per heavy atom. The quantitative estimate of drug-likeness (QED) is 0.776. The van der Waals surface area contributed by atoms with Gasteiger partial charge >= 0.3 is 0 Å². The van der Waals surface area contributed by atoms with E-state index < -0.39 is 10.0 Å². The first-order valence-electron chi connectivity index (χ1n) is 6.75. The minimum Gasteiger partial charge on any atom is -0.497 e. The lowest BCUT2D eigenvalue weighted by Gasteiger charge is -2.08. The van der Waals surface area contributed by atoms with Crippen molar-refractivity contribution in [3.8, 4) is 5.75 Å². The standard InChI is InChI=1S/C15H16N2O3S2/c1-20-12-3-2-4-13(9-12)22(18,19)17-10-11(5-7-16)15-14(17)6-8-21-15/h2-4,6,8-10H,5,7,16H2,1H3. The molecule has 5 nitrogen and oxygen atoms in total. The van der Waals surface area contributed by atoms with Crippen LogP contribution in [-0.2, 0) is 16.4 Å². The zero-order chi connectivity index (χ0) is 15.7. The Bertz CT molecular complexity index is 910. The van der Waals surface area contributed by atoms with Gasteiger partial charge in [0.1, 0.15) is 5.75 Å². The summed E-state index contributed by atoms with van der Waals surface area (Å²) >= 11 is 1.53. The fourth-order valence-electron chi connectivity index (χ4n) is 2.39. The lowest BCUT2D eigenvalue weighted by molar-refractivity contribution is 0.413. The van der Waals surface area contributed by atoms with Gasteiger partial charge in [0.05, 0.1) is 22.2 Å². The van der Waals surface area contributed by atoms with Crippen LogP contribution in [-0.4, -0.2) is 26.0 Å². The molecule has 0 aliphatic carbocycles. The van der Waals surface area contributed by atoms with Crippen molar-refractivity contribution in [2.75, 3.05) is 13.7 Å². The first kappa shape index (κ1) is 15.1. The van der Waals surface area contributed by atoms with E-state index in [1.807, 2.05) is 11.4 Å². The average molecular weight is 336 g/mol. The van der Waals surface area contributed by atoms with E-state index in [0.29, 0.717) is 24.2 Å². The van der Waals surface area contributed by atoms with E-state index in [1.165, 1.54) is 28.5 Å². The second kappa shape index (κ2) is 5.75. The number of nitrogens with zero attached hydrogens (tertiary/aromatic N) is 1. The van der Waals surface area contributed by atoms with Gasteiger partial charge in [0.25, 0.3) is 10.0 Å².